The second-order valence-corrected chi connectivity index (χ2v) is 7.24. The van der Waals surface area contributed by atoms with Crippen LogP contribution in [-0.4, -0.2) is 56.9 Å². The van der Waals surface area contributed by atoms with E-state index in [9.17, 15) is 9.59 Å². The molecule has 0 saturated carbocycles. The van der Waals surface area contributed by atoms with Gasteiger partial charge in [-0.1, -0.05) is 13.0 Å². The van der Waals surface area contributed by atoms with E-state index in [1.807, 2.05) is 11.8 Å². The van der Waals surface area contributed by atoms with E-state index in [0.717, 1.165) is 25.9 Å². The molecule has 1 N–H and O–H groups in total. The van der Waals surface area contributed by atoms with Gasteiger partial charge in [-0.3, -0.25) is 9.59 Å². The number of aromatic nitrogens is 4. The molecule has 160 valence electrons. The zero-order chi connectivity index (χ0) is 21.8. The predicted molar refractivity (Wildman–Crippen MR) is 115 cm³/mol. The molecule has 31 heavy (non-hydrogen) atoms. The number of methoxy groups -OCH3 is 1. The van der Waals surface area contributed by atoms with E-state index >= 15 is 0 Å². The summed E-state index contributed by atoms with van der Waals surface area (Å²) in [7, 11) is 1.52. The average Bonchev–Trinajstić information content (AvgIpc) is 3.49. The molecule has 0 unspecified atom stereocenters. The van der Waals surface area contributed by atoms with Crippen LogP contribution in [0.1, 0.15) is 46.2 Å². The van der Waals surface area contributed by atoms with Gasteiger partial charge in [0.2, 0.25) is 5.88 Å². The van der Waals surface area contributed by atoms with E-state index in [1.165, 1.54) is 13.3 Å². The number of hydrogen-bond donors (Lipinski definition) is 1. The van der Waals surface area contributed by atoms with Crippen LogP contribution in [0.3, 0.4) is 0 Å². The molecule has 0 aliphatic carbocycles. The Bertz CT molecular complexity index is 1090. The van der Waals surface area contributed by atoms with Crippen LogP contribution in [0, 0.1) is 0 Å². The lowest BCUT2D eigenvalue weighted by atomic mass is 10.1. The lowest BCUT2D eigenvalue weighted by Crippen LogP contribution is -2.27. The summed E-state index contributed by atoms with van der Waals surface area (Å²) in [6, 6.07) is 10.4. The molecule has 9 heteroatoms. The Morgan fingerprint density at radius 3 is 2.61 bits per heavy atom. The predicted octanol–water partition coefficient (Wildman–Crippen LogP) is 2.72. The molecule has 4 rings (SSSR count). The quantitative estimate of drug-likeness (QED) is 0.658. The average molecular weight is 420 g/mol. The van der Waals surface area contributed by atoms with Crippen molar-refractivity contribution in [3.63, 3.8) is 0 Å². The van der Waals surface area contributed by atoms with Crippen molar-refractivity contribution in [1.82, 2.24) is 24.9 Å². The van der Waals surface area contributed by atoms with Crippen molar-refractivity contribution in [3.8, 4) is 11.7 Å². The van der Waals surface area contributed by atoms with E-state index in [-0.39, 0.29) is 11.8 Å². The van der Waals surface area contributed by atoms with Crippen molar-refractivity contribution in [3.05, 3.63) is 59.4 Å². The summed E-state index contributed by atoms with van der Waals surface area (Å²) in [6.07, 6.45) is 4.15. The molecular formula is C22H24N6O3. The van der Waals surface area contributed by atoms with Crippen molar-refractivity contribution < 1.29 is 14.3 Å². The number of benzene rings is 1. The van der Waals surface area contributed by atoms with Gasteiger partial charge in [0.15, 0.2) is 5.82 Å². The standard InChI is InChI=1S/C22H24N6O3/c1-3-18-17(14-23-28(18)19-9-10-20(31-2)26-25-19)21(29)24-16-8-6-7-15(13-16)22(30)27-11-4-5-12-27/h6-10,13-14H,3-5,11-12H2,1-2H3,(H,24,29). The van der Waals surface area contributed by atoms with Crippen LogP contribution in [0.15, 0.2) is 42.6 Å². The molecule has 3 heterocycles. The fourth-order valence-corrected chi connectivity index (χ4v) is 3.67. The zero-order valence-electron chi connectivity index (χ0n) is 17.5. The lowest BCUT2D eigenvalue weighted by Gasteiger charge is -2.15. The number of nitrogens with zero attached hydrogens (tertiary/aromatic N) is 5. The first kappa shape index (κ1) is 20.5. The molecule has 3 aromatic rings. The number of anilines is 1. The van der Waals surface area contributed by atoms with E-state index in [4.69, 9.17) is 4.74 Å². The molecule has 1 saturated heterocycles. The minimum atomic E-state index is -0.296. The number of nitrogens with one attached hydrogen (secondary N) is 1. The van der Waals surface area contributed by atoms with Crippen LogP contribution in [0.25, 0.3) is 5.82 Å². The summed E-state index contributed by atoms with van der Waals surface area (Å²) in [4.78, 5) is 27.4. The van der Waals surface area contributed by atoms with Gasteiger partial charge in [-0.2, -0.15) is 5.10 Å². The van der Waals surface area contributed by atoms with Crippen molar-refractivity contribution in [2.24, 2.45) is 0 Å². The number of hydrogen-bond acceptors (Lipinski definition) is 6. The fourth-order valence-electron chi connectivity index (χ4n) is 3.67. The van der Waals surface area contributed by atoms with Gasteiger partial charge in [-0.15, -0.1) is 10.2 Å². The van der Waals surface area contributed by atoms with Crippen LogP contribution in [0.2, 0.25) is 0 Å². The Morgan fingerprint density at radius 1 is 1.13 bits per heavy atom. The van der Waals surface area contributed by atoms with Crippen molar-refractivity contribution in [2.75, 3.05) is 25.5 Å². The highest BCUT2D eigenvalue weighted by Crippen LogP contribution is 2.19. The van der Waals surface area contributed by atoms with E-state index in [1.54, 1.807) is 41.1 Å². The van der Waals surface area contributed by atoms with Crippen molar-refractivity contribution in [2.45, 2.75) is 26.2 Å². The van der Waals surface area contributed by atoms with Crippen LogP contribution >= 0.6 is 0 Å². The molecule has 2 aromatic heterocycles. The molecule has 0 spiro atoms. The fraction of sp³-hybridized carbons (Fsp3) is 0.318. The summed E-state index contributed by atoms with van der Waals surface area (Å²) >= 11 is 0. The maximum atomic E-state index is 13.0. The summed E-state index contributed by atoms with van der Waals surface area (Å²) in [5.74, 6) is 0.592. The smallest absolute Gasteiger partial charge is 0.259 e. The normalized spacial score (nSPS) is 13.3. The number of carbonyl (C=O) groups excluding carboxylic acids is 2. The number of carbonyl (C=O) groups is 2. The Balaban J connectivity index is 1.54. The molecule has 1 aromatic carbocycles. The molecule has 2 amide bonds. The third-order valence-corrected chi connectivity index (χ3v) is 5.26. The van der Waals surface area contributed by atoms with Gasteiger partial charge >= 0.3 is 0 Å². The van der Waals surface area contributed by atoms with Crippen LogP contribution < -0.4 is 10.1 Å². The minimum Gasteiger partial charge on any atom is -0.480 e. The Labute approximate surface area is 180 Å². The minimum absolute atomic E-state index is 0.00579. The Hall–Kier alpha value is -3.75. The van der Waals surface area contributed by atoms with Gasteiger partial charge in [0.1, 0.15) is 0 Å². The third kappa shape index (κ3) is 4.25. The van der Waals surface area contributed by atoms with Crippen LogP contribution in [0.5, 0.6) is 5.88 Å². The highest BCUT2D eigenvalue weighted by Gasteiger charge is 2.21. The van der Waals surface area contributed by atoms with Crippen molar-refractivity contribution in [1.29, 1.82) is 0 Å². The SMILES string of the molecule is CCc1c(C(=O)Nc2cccc(C(=O)N3CCCC3)c2)cnn1-c1ccc(OC)nn1. The number of ether oxygens (including phenoxy) is 1. The number of amides is 2. The molecule has 0 atom stereocenters. The largest absolute Gasteiger partial charge is 0.480 e. The topological polar surface area (TPSA) is 102 Å². The second-order valence-electron chi connectivity index (χ2n) is 7.24. The molecular weight excluding hydrogens is 396 g/mol. The molecule has 1 fully saturated rings. The zero-order valence-corrected chi connectivity index (χ0v) is 17.5. The molecule has 1 aliphatic heterocycles. The molecule has 9 nitrogen and oxygen atoms in total. The van der Waals surface area contributed by atoms with Gasteiger partial charge in [0.05, 0.1) is 24.6 Å². The highest BCUT2D eigenvalue weighted by atomic mass is 16.5. The Kier molecular flexibility index (Phi) is 5.92. The van der Waals surface area contributed by atoms with E-state index < -0.39 is 0 Å². The number of rotatable bonds is 6. The second kappa shape index (κ2) is 8.95. The first-order chi connectivity index (χ1) is 15.1. The van der Waals surface area contributed by atoms with Crippen LogP contribution in [-0.2, 0) is 6.42 Å². The van der Waals surface area contributed by atoms with Gasteiger partial charge < -0.3 is 15.0 Å². The van der Waals surface area contributed by atoms with E-state index in [2.05, 4.69) is 20.6 Å². The van der Waals surface area contributed by atoms with Gasteiger partial charge in [0.25, 0.3) is 11.8 Å². The van der Waals surface area contributed by atoms with Gasteiger partial charge in [-0.05, 0) is 43.5 Å². The highest BCUT2D eigenvalue weighted by molar-refractivity contribution is 6.05. The van der Waals surface area contributed by atoms with Gasteiger partial charge in [-0.25, -0.2) is 4.68 Å². The monoisotopic (exact) mass is 420 g/mol. The molecule has 1 aliphatic rings. The molecule has 0 radical (unpaired) electrons. The van der Waals surface area contributed by atoms with Crippen LogP contribution in [0.4, 0.5) is 5.69 Å². The van der Waals surface area contributed by atoms with Crippen molar-refractivity contribution >= 4 is 17.5 Å². The Morgan fingerprint density at radius 2 is 1.94 bits per heavy atom. The summed E-state index contributed by atoms with van der Waals surface area (Å²) in [5.41, 5.74) is 2.28. The maximum absolute atomic E-state index is 13.0. The summed E-state index contributed by atoms with van der Waals surface area (Å²) in [6.45, 7) is 3.50. The first-order valence-electron chi connectivity index (χ1n) is 10.3. The summed E-state index contributed by atoms with van der Waals surface area (Å²) < 4.78 is 6.63. The van der Waals surface area contributed by atoms with E-state index in [0.29, 0.717) is 40.6 Å². The van der Waals surface area contributed by atoms with Gasteiger partial charge in [0, 0.05) is 30.4 Å². The summed E-state index contributed by atoms with van der Waals surface area (Å²) in [5, 5.41) is 15.3. The lowest BCUT2D eigenvalue weighted by molar-refractivity contribution is 0.0792. The number of likely N-dealkylation sites (tertiary alicyclic amines) is 1. The first-order valence-corrected chi connectivity index (χ1v) is 10.3. The third-order valence-electron chi connectivity index (χ3n) is 5.26. The maximum Gasteiger partial charge on any atom is 0.259 e. The molecule has 0 bridgehead atoms.